The summed E-state index contributed by atoms with van der Waals surface area (Å²) in [5.41, 5.74) is 1.40. The first-order valence-corrected chi connectivity index (χ1v) is 6.57. The van der Waals surface area contributed by atoms with Crippen molar-refractivity contribution < 1.29 is 9.34 Å². The van der Waals surface area contributed by atoms with Crippen molar-refractivity contribution in [1.82, 2.24) is 10.3 Å². The highest BCUT2D eigenvalue weighted by molar-refractivity contribution is 5.62. The number of hydrogen-bond donors (Lipinski definition) is 1. The second-order valence-corrected chi connectivity index (χ2v) is 5.03. The first-order chi connectivity index (χ1) is 9.63. The summed E-state index contributed by atoms with van der Waals surface area (Å²) in [6.45, 7) is 2.31. The van der Waals surface area contributed by atoms with E-state index in [9.17, 15) is 10.1 Å². The van der Waals surface area contributed by atoms with E-state index in [0.29, 0.717) is 35.4 Å². The SMILES string of the molecule is Cc1ccc(-c2cnc(CNC3CC3)o2)cc1[N+](=O)[O-]. The molecule has 1 aliphatic rings. The van der Waals surface area contributed by atoms with Gasteiger partial charge in [-0.3, -0.25) is 10.1 Å². The third-order valence-electron chi connectivity index (χ3n) is 3.36. The molecule has 1 fully saturated rings. The van der Waals surface area contributed by atoms with E-state index in [1.807, 2.05) is 0 Å². The van der Waals surface area contributed by atoms with E-state index in [1.165, 1.54) is 18.9 Å². The summed E-state index contributed by atoms with van der Waals surface area (Å²) in [5, 5.41) is 14.3. The molecular weight excluding hydrogens is 258 g/mol. The lowest BCUT2D eigenvalue weighted by Gasteiger charge is -2.00. The molecule has 0 saturated heterocycles. The number of nitrogens with one attached hydrogen (secondary N) is 1. The van der Waals surface area contributed by atoms with Gasteiger partial charge in [0.25, 0.3) is 5.69 Å². The molecule has 1 saturated carbocycles. The van der Waals surface area contributed by atoms with Crippen LogP contribution in [0.25, 0.3) is 11.3 Å². The lowest BCUT2D eigenvalue weighted by molar-refractivity contribution is -0.385. The minimum atomic E-state index is -0.384. The van der Waals surface area contributed by atoms with E-state index in [4.69, 9.17) is 4.42 Å². The molecule has 1 aromatic carbocycles. The smallest absolute Gasteiger partial charge is 0.273 e. The van der Waals surface area contributed by atoms with Crippen LogP contribution in [0.2, 0.25) is 0 Å². The van der Waals surface area contributed by atoms with Crippen molar-refractivity contribution in [1.29, 1.82) is 0 Å². The number of aromatic nitrogens is 1. The van der Waals surface area contributed by atoms with Gasteiger partial charge in [-0.15, -0.1) is 0 Å². The maximum absolute atomic E-state index is 10.9. The second kappa shape index (κ2) is 5.05. The molecule has 104 valence electrons. The molecule has 1 heterocycles. The van der Waals surface area contributed by atoms with Crippen LogP contribution in [0.1, 0.15) is 24.3 Å². The number of aryl methyl sites for hydroxylation is 1. The predicted molar refractivity (Wildman–Crippen MR) is 73.2 cm³/mol. The first kappa shape index (κ1) is 12.8. The van der Waals surface area contributed by atoms with Crippen LogP contribution in [0.4, 0.5) is 5.69 Å². The Labute approximate surface area is 116 Å². The van der Waals surface area contributed by atoms with Crippen LogP contribution in [0, 0.1) is 17.0 Å². The van der Waals surface area contributed by atoms with Gasteiger partial charge in [0, 0.05) is 23.2 Å². The Morgan fingerprint density at radius 1 is 1.50 bits per heavy atom. The van der Waals surface area contributed by atoms with Gasteiger partial charge in [0.15, 0.2) is 5.76 Å². The molecule has 3 rings (SSSR count). The van der Waals surface area contributed by atoms with Gasteiger partial charge >= 0.3 is 0 Å². The molecule has 0 bridgehead atoms. The fraction of sp³-hybridized carbons (Fsp3) is 0.357. The van der Waals surface area contributed by atoms with Gasteiger partial charge < -0.3 is 9.73 Å². The summed E-state index contributed by atoms with van der Waals surface area (Å²) in [5.74, 6) is 1.16. The van der Waals surface area contributed by atoms with E-state index in [-0.39, 0.29) is 10.6 Å². The standard InChI is InChI=1S/C14H15N3O3/c1-9-2-3-10(6-12(9)17(18)19)13-7-16-14(20-13)8-15-11-4-5-11/h2-3,6-7,11,15H,4-5,8H2,1H3. The average Bonchev–Trinajstić information content (AvgIpc) is 3.14. The highest BCUT2D eigenvalue weighted by atomic mass is 16.6. The van der Waals surface area contributed by atoms with Crippen molar-refractivity contribution in [2.24, 2.45) is 0 Å². The monoisotopic (exact) mass is 273 g/mol. The van der Waals surface area contributed by atoms with Crippen molar-refractivity contribution in [3.05, 3.63) is 46.0 Å². The van der Waals surface area contributed by atoms with Gasteiger partial charge in [-0.05, 0) is 19.8 Å². The van der Waals surface area contributed by atoms with Gasteiger partial charge in [0.1, 0.15) is 0 Å². The van der Waals surface area contributed by atoms with E-state index < -0.39 is 0 Å². The zero-order valence-corrected chi connectivity index (χ0v) is 11.1. The third kappa shape index (κ3) is 2.70. The second-order valence-electron chi connectivity index (χ2n) is 5.03. The molecule has 6 heteroatoms. The topological polar surface area (TPSA) is 81.2 Å². The molecule has 1 aliphatic carbocycles. The van der Waals surface area contributed by atoms with Crippen LogP contribution in [0.3, 0.4) is 0 Å². The Kier molecular flexibility index (Phi) is 3.23. The fourth-order valence-corrected chi connectivity index (χ4v) is 2.00. The largest absolute Gasteiger partial charge is 0.439 e. The molecule has 0 atom stereocenters. The van der Waals surface area contributed by atoms with E-state index in [0.717, 1.165) is 0 Å². The molecule has 20 heavy (non-hydrogen) atoms. The molecule has 2 aromatic rings. The molecule has 0 spiro atoms. The third-order valence-corrected chi connectivity index (χ3v) is 3.36. The zero-order chi connectivity index (χ0) is 14.1. The van der Waals surface area contributed by atoms with Crippen molar-refractivity contribution in [2.75, 3.05) is 0 Å². The summed E-state index contributed by atoms with van der Waals surface area (Å²) in [7, 11) is 0. The van der Waals surface area contributed by atoms with Gasteiger partial charge in [0.2, 0.25) is 5.89 Å². The fourth-order valence-electron chi connectivity index (χ4n) is 2.00. The number of nitro benzene ring substituents is 1. The van der Waals surface area contributed by atoms with Crippen LogP contribution < -0.4 is 5.32 Å². The van der Waals surface area contributed by atoms with Crippen molar-refractivity contribution in [3.8, 4) is 11.3 Å². The van der Waals surface area contributed by atoms with Crippen LogP contribution >= 0.6 is 0 Å². The summed E-state index contributed by atoms with van der Waals surface area (Å²) in [4.78, 5) is 14.8. The van der Waals surface area contributed by atoms with E-state index in [1.54, 1.807) is 25.3 Å². The number of nitro groups is 1. The molecule has 0 aliphatic heterocycles. The van der Waals surface area contributed by atoms with Crippen molar-refractivity contribution >= 4 is 5.69 Å². The number of nitrogens with zero attached hydrogens (tertiary/aromatic N) is 2. The van der Waals surface area contributed by atoms with E-state index >= 15 is 0 Å². The summed E-state index contributed by atoms with van der Waals surface area (Å²) in [6.07, 6.45) is 4.02. The van der Waals surface area contributed by atoms with Crippen LogP contribution in [-0.4, -0.2) is 15.9 Å². The maximum Gasteiger partial charge on any atom is 0.273 e. The summed E-state index contributed by atoms with van der Waals surface area (Å²) < 4.78 is 5.63. The molecule has 0 radical (unpaired) electrons. The normalized spacial score (nSPS) is 14.4. The number of rotatable bonds is 5. The number of oxazole rings is 1. The van der Waals surface area contributed by atoms with Gasteiger partial charge in [-0.1, -0.05) is 12.1 Å². The van der Waals surface area contributed by atoms with Crippen LogP contribution in [0.5, 0.6) is 0 Å². The number of benzene rings is 1. The Morgan fingerprint density at radius 3 is 3.00 bits per heavy atom. The van der Waals surface area contributed by atoms with Crippen molar-refractivity contribution in [2.45, 2.75) is 32.4 Å². The van der Waals surface area contributed by atoms with Gasteiger partial charge in [0.05, 0.1) is 17.7 Å². The summed E-state index contributed by atoms with van der Waals surface area (Å²) in [6, 6.07) is 5.64. The van der Waals surface area contributed by atoms with Crippen LogP contribution in [-0.2, 0) is 6.54 Å². The predicted octanol–water partition coefficient (Wildman–Crippen LogP) is 2.81. The average molecular weight is 273 g/mol. The first-order valence-electron chi connectivity index (χ1n) is 6.57. The van der Waals surface area contributed by atoms with E-state index in [2.05, 4.69) is 10.3 Å². The Balaban J connectivity index is 1.81. The number of hydrogen-bond acceptors (Lipinski definition) is 5. The quantitative estimate of drug-likeness (QED) is 0.669. The van der Waals surface area contributed by atoms with Gasteiger partial charge in [-0.2, -0.15) is 0 Å². The zero-order valence-electron chi connectivity index (χ0n) is 11.1. The molecule has 0 amide bonds. The molecule has 1 aromatic heterocycles. The Hall–Kier alpha value is -2.21. The van der Waals surface area contributed by atoms with Gasteiger partial charge in [-0.25, -0.2) is 4.98 Å². The summed E-state index contributed by atoms with van der Waals surface area (Å²) >= 11 is 0. The highest BCUT2D eigenvalue weighted by Crippen LogP contribution is 2.27. The molecule has 6 nitrogen and oxygen atoms in total. The highest BCUT2D eigenvalue weighted by Gasteiger charge is 2.21. The molecule has 0 unspecified atom stereocenters. The Bertz CT molecular complexity index is 647. The lowest BCUT2D eigenvalue weighted by Crippen LogP contribution is -2.15. The minimum Gasteiger partial charge on any atom is -0.439 e. The lowest BCUT2D eigenvalue weighted by atomic mass is 10.1. The van der Waals surface area contributed by atoms with Crippen molar-refractivity contribution in [3.63, 3.8) is 0 Å². The maximum atomic E-state index is 10.9. The van der Waals surface area contributed by atoms with Crippen LogP contribution in [0.15, 0.2) is 28.8 Å². The Morgan fingerprint density at radius 2 is 2.30 bits per heavy atom. The molecular formula is C14H15N3O3. The molecule has 1 N–H and O–H groups in total. The minimum absolute atomic E-state index is 0.0940.